The second kappa shape index (κ2) is 15.1. The summed E-state index contributed by atoms with van der Waals surface area (Å²) in [5.41, 5.74) is 4.14. The van der Waals surface area contributed by atoms with Crippen LogP contribution < -0.4 is 10.1 Å². The van der Waals surface area contributed by atoms with E-state index in [9.17, 15) is 18.3 Å². The molecule has 250 valence electrons. The van der Waals surface area contributed by atoms with Crippen LogP contribution in [-0.4, -0.2) is 89.5 Å². The monoisotopic (exact) mass is 657 g/mol. The van der Waals surface area contributed by atoms with Gasteiger partial charge in [-0.05, 0) is 81.5 Å². The zero-order chi connectivity index (χ0) is 32.1. The van der Waals surface area contributed by atoms with E-state index in [0.717, 1.165) is 88.4 Å². The van der Waals surface area contributed by atoms with Crippen molar-refractivity contribution in [3.05, 3.63) is 64.8 Å². The Hall–Kier alpha value is -2.57. The number of likely N-dealkylation sites (tertiary alicyclic amines) is 2. The zero-order valence-corrected chi connectivity index (χ0v) is 27.5. The number of nitrogens with zero attached hydrogens (tertiary/aromatic N) is 4. The van der Waals surface area contributed by atoms with Crippen molar-refractivity contribution < 1.29 is 23.0 Å². The highest BCUT2D eigenvalue weighted by atomic mass is 32.2. The van der Waals surface area contributed by atoms with Gasteiger partial charge in [0.05, 0.1) is 31.0 Å². The molecule has 0 amide bonds. The number of piperidine rings is 2. The Balaban J connectivity index is 1.14. The van der Waals surface area contributed by atoms with Crippen LogP contribution >= 0.6 is 11.8 Å². The third kappa shape index (κ3) is 7.93. The molecule has 6 rings (SSSR count). The van der Waals surface area contributed by atoms with E-state index in [4.69, 9.17) is 9.84 Å². The fourth-order valence-electron chi connectivity index (χ4n) is 7.28. The lowest BCUT2D eigenvalue weighted by Crippen LogP contribution is -2.40. The van der Waals surface area contributed by atoms with E-state index >= 15 is 0 Å². The van der Waals surface area contributed by atoms with Gasteiger partial charge in [0, 0.05) is 60.1 Å². The normalized spacial score (nSPS) is 19.2. The summed E-state index contributed by atoms with van der Waals surface area (Å²) in [6.45, 7) is 6.95. The molecule has 0 radical (unpaired) electrons. The molecule has 3 aliphatic rings. The second-order valence-electron chi connectivity index (χ2n) is 12.8. The van der Waals surface area contributed by atoms with Gasteiger partial charge in [-0.1, -0.05) is 30.7 Å². The van der Waals surface area contributed by atoms with Crippen LogP contribution in [0, 0.1) is 0 Å². The number of hydrogen-bond donors (Lipinski definition) is 2. The zero-order valence-electron chi connectivity index (χ0n) is 26.7. The molecule has 46 heavy (non-hydrogen) atoms. The van der Waals surface area contributed by atoms with Crippen LogP contribution in [0.25, 0.3) is 11.3 Å². The van der Waals surface area contributed by atoms with Crippen molar-refractivity contribution in [3.8, 4) is 17.0 Å². The third-order valence-corrected chi connectivity index (χ3v) is 10.7. The molecule has 4 heterocycles. The highest BCUT2D eigenvalue weighted by molar-refractivity contribution is 7.99. The van der Waals surface area contributed by atoms with Gasteiger partial charge in [-0.25, -0.2) is 0 Å². The first-order chi connectivity index (χ1) is 22.3. The molecule has 0 spiro atoms. The molecule has 1 unspecified atom stereocenters. The summed E-state index contributed by atoms with van der Waals surface area (Å²) >= 11 is 1.29. The molecule has 0 bridgehead atoms. The molecule has 0 aliphatic carbocycles. The molecule has 2 N–H and O–H groups in total. The number of aliphatic hydroxyl groups excluding tert-OH is 1. The largest absolute Gasteiger partial charge is 0.496 e. The highest BCUT2D eigenvalue weighted by Gasteiger charge is 2.34. The van der Waals surface area contributed by atoms with E-state index < -0.39 is 17.8 Å². The summed E-state index contributed by atoms with van der Waals surface area (Å²) in [5, 5.41) is 19.6. The Morgan fingerprint density at radius 1 is 1.02 bits per heavy atom. The number of alkyl halides is 3. The second-order valence-corrected chi connectivity index (χ2v) is 13.9. The predicted octanol–water partition coefficient (Wildman–Crippen LogP) is 6.04. The number of nitrogens with one attached hydrogen (secondary N) is 1. The van der Waals surface area contributed by atoms with E-state index in [1.54, 1.807) is 19.2 Å². The van der Waals surface area contributed by atoms with Crippen molar-refractivity contribution in [2.24, 2.45) is 0 Å². The number of para-hydroxylation sites is 1. The van der Waals surface area contributed by atoms with Gasteiger partial charge in [-0.3, -0.25) is 4.68 Å². The summed E-state index contributed by atoms with van der Waals surface area (Å²) < 4.78 is 49.6. The maximum atomic E-state index is 14.0. The molecular formula is C35H46F3N5O2S. The average molecular weight is 658 g/mol. The number of aliphatic hydroxyl groups is 1. The van der Waals surface area contributed by atoms with Crippen molar-refractivity contribution >= 4 is 11.8 Å². The topological polar surface area (TPSA) is 65.8 Å². The molecule has 1 atom stereocenters. The Kier molecular flexibility index (Phi) is 10.9. The molecule has 11 heteroatoms. The molecular weight excluding hydrogens is 611 g/mol. The molecule has 2 aromatic carbocycles. The SMILES string of the molecule is COc1ccccc1C1CCN(CC(O)Cn2nc(-c3ccc(C(F)(F)F)c(SCCN4CCCCC4)c3)c3c2CCNC3)CC1. The molecule has 0 saturated carbocycles. The van der Waals surface area contributed by atoms with E-state index in [0.29, 0.717) is 42.6 Å². The first kappa shape index (κ1) is 33.3. The van der Waals surface area contributed by atoms with Crippen molar-refractivity contribution in [2.75, 3.05) is 58.7 Å². The minimum Gasteiger partial charge on any atom is -0.496 e. The van der Waals surface area contributed by atoms with Crippen LogP contribution in [0.2, 0.25) is 0 Å². The van der Waals surface area contributed by atoms with Crippen LogP contribution in [-0.2, 0) is 25.7 Å². The number of benzene rings is 2. The minimum atomic E-state index is -4.42. The highest BCUT2D eigenvalue weighted by Crippen LogP contribution is 2.40. The summed E-state index contributed by atoms with van der Waals surface area (Å²) in [7, 11) is 1.71. The smallest absolute Gasteiger partial charge is 0.417 e. The Bertz CT molecular complexity index is 1450. The molecule has 3 aromatic rings. The van der Waals surface area contributed by atoms with Crippen LogP contribution in [0.1, 0.15) is 60.4 Å². The third-order valence-electron chi connectivity index (χ3n) is 9.70. The number of fused-ring (bicyclic) bond motifs is 1. The fourth-order valence-corrected chi connectivity index (χ4v) is 8.40. The first-order valence-corrected chi connectivity index (χ1v) is 17.7. The number of ether oxygens (including phenoxy) is 1. The maximum Gasteiger partial charge on any atom is 0.417 e. The van der Waals surface area contributed by atoms with Gasteiger partial charge in [0.25, 0.3) is 0 Å². The minimum absolute atomic E-state index is 0.255. The number of methoxy groups -OCH3 is 1. The molecule has 1 aromatic heterocycles. The molecule has 3 aliphatic heterocycles. The van der Waals surface area contributed by atoms with Crippen LogP contribution in [0.3, 0.4) is 0 Å². The summed E-state index contributed by atoms with van der Waals surface area (Å²) in [6.07, 6.45) is 1.30. The van der Waals surface area contributed by atoms with E-state index in [1.165, 1.54) is 29.8 Å². The lowest BCUT2D eigenvalue weighted by molar-refractivity contribution is -0.139. The Labute approximate surface area is 274 Å². The lowest BCUT2D eigenvalue weighted by atomic mass is 9.88. The van der Waals surface area contributed by atoms with Crippen molar-refractivity contribution in [1.82, 2.24) is 24.9 Å². The Morgan fingerprint density at radius 2 is 1.80 bits per heavy atom. The molecule has 2 fully saturated rings. The van der Waals surface area contributed by atoms with Crippen molar-refractivity contribution in [1.29, 1.82) is 0 Å². The predicted molar refractivity (Wildman–Crippen MR) is 177 cm³/mol. The van der Waals surface area contributed by atoms with Gasteiger partial charge in [0.1, 0.15) is 5.75 Å². The van der Waals surface area contributed by atoms with Crippen molar-refractivity contribution in [2.45, 2.75) is 74.7 Å². The Morgan fingerprint density at radius 3 is 2.57 bits per heavy atom. The van der Waals surface area contributed by atoms with Crippen LogP contribution in [0.15, 0.2) is 47.4 Å². The molecule has 2 saturated heterocycles. The van der Waals surface area contributed by atoms with Crippen molar-refractivity contribution in [3.63, 3.8) is 0 Å². The fraction of sp³-hybridized carbons (Fsp3) is 0.571. The van der Waals surface area contributed by atoms with Gasteiger partial charge in [-0.15, -0.1) is 11.8 Å². The number of β-amino-alcohol motifs (C(OH)–C–C–N with tert-alkyl or cyclic N) is 1. The standard InChI is InChI=1S/C35H46F3N5O2S/c1-45-32-8-4-3-7-28(32)25-12-17-42(18-13-25)23-27(44)24-43-31-11-14-39-22-29(31)34(40-43)26-9-10-30(35(36,37)38)33(21-26)46-20-19-41-15-5-2-6-16-41/h3-4,7-10,21,25,27,39,44H,2,5-6,11-20,22-24H2,1H3. The van der Waals surface area contributed by atoms with E-state index in [-0.39, 0.29) is 4.90 Å². The quantitative estimate of drug-likeness (QED) is 0.244. The number of rotatable bonds is 11. The number of halogens is 3. The first-order valence-electron chi connectivity index (χ1n) is 16.7. The van der Waals surface area contributed by atoms with Crippen LogP contribution in [0.4, 0.5) is 13.2 Å². The summed E-state index contributed by atoms with van der Waals surface area (Å²) in [4.78, 5) is 4.93. The van der Waals surface area contributed by atoms with Gasteiger partial charge in [0.2, 0.25) is 0 Å². The van der Waals surface area contributed by atoms with Crippen LogP contribution in [0.5, 0.6) is 5.75 Å². The van der Waals surface area contributed by atoms with Gasteiger partial charge in [-0.2, -0.15) is 18.3 Å². The van der Waals surface area contributed by atoms with Gasteiger partial charge < -0.3 is 25.0 Å². The van der Waals surface area contributed by atoms with Gasteiger partial charge >= 0.3 is 6.18 Å². The number of thioether (sulfide) groups is 1. The van der Waals surface area contributed by atoms with E-state index in [1.807, 2.05) is 16.8 Å². The summed E-state index contributed by atoms with van der Waals surface area (Å²) in [6, 6.07) is 12.7. The van der Waals surface area contributed by atoms with E-state index in [2.05, 4.69) is 27.2 Å². The maximum absolute atomic E-state index is 14.0. The molecule has 7 nitrogen and oxygen atoms in total. The summed E-state index contributed by atoms with van der Waals surface area (Å²) in [5.74, 6) is 1.99. The number of hydrogen-bond acceptors (Lipinski definition) is 7. The average Bonchev–Trinajstić information content (AvgIpc) is 3.43. The lowest BCUT2D eigenvalue weighted by Gasteiger charge is -2.34. The number of aromatic nitrogens is 2. The van der Waals surface area contributed by atoms with Gasteiger partial charge in [0.15, 0.2) is 0 Å².